The molecule has 0 spiro atoms. The van der Waals surface area contributed by atoms with Crippen LogP contribution >= 0.6 is 23.1 Å². The molecule has 1 amide bonds. The van der Waals surface area contributed by atoms with E-state index in [1.165, 1.54) is 29.4 Å². The highest BCUT2D eigenvalue weighted by Crippen LogP contribution is 2.16. The topological polar surface area (TPSA) is 107 Å². The van der Waals surface area contributed by atoms with Crippen LogP contribution in [0.25, 0.3) is 0 Å². The summed E-state index contributed by atoms with van der Waals surface area (Å²) in [5.74, 6) is 0.180. The summed E-state index contributed by atoms with van der Waals surface area (Å²) in [6.45, 7) is 1.87. The Hall–Kier alpha value is -1.74. The van der Waals surface area contributed by atoms with Crippen molar-refractivity contribution in [1.29, 1.82) is 0 Å². The number of anilines is 2. The number of nitrogens with one attached hydrogen (secondary N) is 1. The number of nitrogen functional groups attached to an aromatic ring is 1. The summed E-state index contributed by atoms with van der Waals surface area (Å²) in [5.41, 5.74) is 6.29. The number of aromatic nitrogens is 4. The molecule has 3 N–H and O–H groups in total. The summed E-state index contributed by atoms with van der Waals surface area (Å²) >= 11 is 2.58. The summed E-state index contributed by atoms with van der Waals surface area (Å²) < 4.78 is 0. The Bertz CT molecular complexity index is 557. The first-order chi connectivity index (χ1) is 8.63. The Kier molecular flexibility index (Phi) is 4.05. The van der Waals surface area contributed by atoms with Crippen molar-refractivity contribution >= 4 is 40.1 Å². The maximum atomic E-state index is 11.6. The van der Waals surface area contributed by atoms with Crippen molar-refractivity contribution in [2.24, 2.45) is 0 Å². The first-order valence-corrected chi connectivity index (χ1v) is 6.79. The minimum absolute atomic E-state index is 0.142. The number of nitrogens with two attached hydrogens (primary N) is 1. The van der Waals surface area contributed by atoms with Gasteiger partial charge in [0.25, 0.3) is 0 Å². The first kappa shape index (κ1) is 12.7. The highest BCUT2D eigenvalue weighted by Gasteiger charge is 2.07. The number of carbonyl (C=O) groups excluding carboxylic acids is 1. The minimum Gasteiger partial charge on any atom is -0.368 e. The molecule has 0 aliphatic rings. The molecule has 0 unspecified atom stereocenters. The average molecular weight is 282 g/mol. The Morgan fingerprint density at radius 1 is 1.50 bits per heavy atom. The SMILES string of the molecule is Cc1csc(NC(=O)CSc2ncnc(N)n2)n1. The Labute approximate surface area is 111 Å². The molecule has 9 heteroatoms. The zero-order valence-electron chi connectivity index (χ0n) is 9.45. The van der Waals surface area contributed by atoms with Crippen molar-refractivity contribution < 1.29 is 4.79 Å². The van der Waals surface area contributed by atoms with Crippen LogP contribution in [-0.4, -0.2) is 31.6 Å². The van der Waals surface area contributed by atoms with E-state index in [1.807, 2.05) is 12.3 Å². The van der Waals surface area contributed by atoms with Crippen molar-refractivity contribution in [3.63, 3.8) is 0 Å². The monoisotopic (exact) mass is 282 g/mol. The van der Waals surface area contributed by atoms with Gasteiger partial charge in [0.2, 0.25) is 11.9 Å². The second kappa shape index (κ2) is 5.74. The predicted octanol–water partition coefficient (Wildman–Crippen LogP) is 0.950. The fourth-order valence-corrected chi connectivity index (χ4v) is 2.38. The van der Waals surface area contributed by atoms with Crippen LogP contribution in [0.15, 0.2) is 16.9 Å². The molecule has 2 aromatic rings. The molecule has 0 aliphatic heterocycles. The van der Waals surface area contributed by atoms with Crippen LogP contribution in [0.4, 0.5) is 11.1 Å². The average Bonchev–Trinajstić information content (AvgIpc) is 2.72. The van der Waals surface area contributed by atoms with Gasteiger partial charge in [0.05, 0.1) is 11.4 Å². The molecular weight excluding hydrogens is 272 g/mol. The van der Waals surface area contributed by atoms with Gasteiger partial charge in [-0.3, -0.25) is 4.79 Å². The molecule has 0 aliphatic carbocycles. The fourth-order valence-electron chi connectivity index (χ4n) is 1.06. The Morgan fingerprint density at radius 3 is 3.00 bits per heavy atom. The molecule has 2 heterocycles. The third-order valence-electron chi connectivity index (χ3n) is 1.77. The van der Waals surface area contributed by atoms with E-state index in [2.05, 4.69) is 25.3 Å². The van der Waals surface area contributed by atoms with Crippen LogP contribution in [0.5, 0.6) is 0 Å². The van der Waals surface area contributed by atoms with Crippen LogP contribution in [0.2, 0.25) is 0 Å². The number of thioether (sulfide) groups is 1. The van der Waals surface area contributed by atoms with Gasteiger partial charge in [-0.2, -0.15) is 4.98 Å². The van der Waals surface area contributed by atoms with Crippen molar-refractivity contribution in [2.75, 3.05) is 16.8 Å². The summed E-state index contributed by atoms with van der Waals surface area (Å²) in [6.07, 6.45) is 1.31. The second-order valence-electron chi connectivity index (χ2n) is 3.26. The summed E-state index contributed by atoms with van der Waals surface area (Å²) in [7, 11) is 0. The van der Waals surface area contributed by atoms with Gasteiger partial charge in [0.1, 0.15) is 6.33 Å². The van der Waals surface area contributed by atoms with Gasteiger partial charge >= 0.3 is 0 Å². The van der Waals surface area contributed by atoms with E-state index in [0.29, 0.717) is 10.3 Å². The third kappa shape index (κ3) is 3.64. The zero-order chi connectivity index (χ0) is 13.0. The van der Waals surface area contributed by atoms with Crippen molar-refractivity contribution in [1.82, 2.24) is 19.9 Å². The lowest BCUT2D eigenvalue weighted by Gasteiger charge is -2.00. The van der Waals surface area contributed by atoms with E-state index in [-0.39, 0.29) is 17.6 Å². The lowest BCUT2D eigenvalue weighted by Crippen LogP contribution is -2.14. The quantitative estimate of drug-likeness (QED) is 0.804. The number of hydrogen-bond donors (Lipinski definition) is 2. The molecule has 0 aromatic carbocycles. The molecule has 94 valence electrons. The van der Waals surface area contributed by atoms with Crippen molar-refractivity contribution in [3.8, 4) is 0 Å². The molecule has 0 atom stereocenters. The number of amides is 1. The molecular formula is C9H10N6OS2. The van der Waals surface area contributed by atoms with Gasteiger partial charge in [-0.05, 0) is 6.92 Å². The van der Waals surface area contributed by atoms with E-state index in [4.69, 9.17) is 5.73 Å². The normalized spacial score (nSPS) is 10.3. The highest BCUT2D eigenvalue weighted by atomic mass is 32.2. The van der Waals surface area contributed by atoms with Gasteiger partial charge in [0.15, 0.2) is 10.3 Å². The molecule has 0 fully saturated rings. The minimum atomic E-state index is -0.159. The number of thiazole rings is 1. The second-order valence-corrected chi connectivity index (χ2v) is 5.06. The maximum Gasteiger partial charge on any atom is 0.236 e. The molecule has 2 rings (SSSR count). The lowest BCUT2D eigenvalue weighted by molar-refractivity contribution is -0.113. The third-order valence-corrected chi connectivity index (χ3v) is 3.50. The molecule has 0 saturated carbocycles. The van der Waals surface area contributed by atoms with Gasteiger partial charge in [-0.25, -0.2) is 15.0 Å². The number of hydrogen-bond acceptors (Lipinski definition) is 8. The van der Waals surface area contributed by atoms with Gasteiger partial charge in [-0.15, -0.1) is 11.3 Å². The van der Waals surface area contributed by atoms with Gasteiger partial charge < -0.3 is 11.1 Å². The summed E-state index contributed by atoms with van der Waals surface area (Å²) in [4.78, 5) is 27.2. The highest BCUT2D eigenvalue weighted by molar-refractivity contribution is 7.99. The number of aryl methyl sites for hydroxylation is 1. The zero-order valence-corrected chi connectivity index (χ0v) is 11.1. The molecule has 0 radical (unpaired) electrons. The van der Waals surface area contributed by atoms with Gasteiger partial charge in [0, 0.05) is 5.38 Å². The molecule has 7 nitrogen and oxygen atoms in total. The van der Waals surface area contributed by atoms with Gasteiger partial charge in [-0.1, -0.05) is 11.8 Å². The summed E-state index contributed by atoms with van der Waals surface area (Å²) in [5, 5.41) is 5.58. The van der Waals surface area contributed by atoms with E-state index < -0.39 is 0 Å². The van der Waals surface area contributed by atoms with Crippen molar-refractivity contribution in [3.05, 3.63) is 17.4 Å². The van der Waals surface area contributed by atoms with Crippen LogP contribution in [0.1, 0.15) is 5.69 Å². The molecule has 0 saturated heterocycles. The van der Waals surface area contributed by atoms with E-state index >= 15 is 0 Å². The lowest BCUT2D eigenvalue weighted by atomic mass is 10.6. The van der Waals surface area contributed by atoms with Crippen molar-refractivity contribution in [2.45, 2.75) is 12.1 Å². The Balaban J connectivity index is 1.85. The van der Waals surface area contributed by atoms with E-state index in [9.17, 15) is 4.79 Å². The fraction of sp³-hybridized carbons (Fsp3) is 0.222. The largest absolute Gasteiger partial charge is 0.368 e. The maximum absolute atomic E-state index is 11.6. The van der Waals surface area contributed by atoms with Crippen LogP contribution < -0.4 is 11.1 Å². The standard InChI is InChI=1S/C9H10N6OS2/c1-5-2-17-9(13-5)14-6(16)3-18-8-12-4-11-7(10)15-8/h2,4H,3H2,1H3,(H,13,14,16)(H2,10,11,12,15). The molecule has 18 heavy (non-hydrogen) atoms. The van der Waals surface area contributed by atoms with E-state index in [1.54, 1.807) is 0 Å². The number of nitrogens with zero attached hydrogens (tertiary/aromatic N) is 4. The summed E-state index contributed by atoms with van der Waals surface area (Å²) in [6, 6.07) is 0. The van der Waals surface area contributed by atoms with Crippen LogP contribution in [-0.2, 0) is 4.79 Å². The Morgan fingerprint density at radius 2 is 2.33 bits per heavy atom. The number of rotatable bonds is 4. The number of carbonyl (C=O) groups is 1. The smallest absolute Gasteiger partial charge is 0.236 e. The first-order valence-electron chi connectivity index (χ1n) is 4.93. The molecule has 2 aromatic heterocycles. The van der Waals surface area contributed by atoms with Crippen LogP contribution in [0, 0.1) is 6.92 Å². The van der Waals surface area contributed by atoms with Crippen LogP contribution in [0.3, 0.4) is 0 Å². The molecule has 0 bridgehead atoms. The van der Waals surface area contributed by atoms with E-state index in [0.717, 1.165) is 5.69 Å². The predicted molar refractivity (Wildman–Crippen MR) is 70.4 cm³/mol.